The van der Waals surface area contributed by atoms with E-state index >= 15 is 0 Å². The fraction of sp³-hybridized carbons (Fsp3) is 0.294. The Morgan fingerprint density at radius 3 is 2.72 bits per heavy atom. The summed E-state index contributed by atoms with van der Waals surface area (Å²) in [6.07, 6.45) is 0. The van der Waals surface area contributed by atoms with E-state index in [2.05, 4.69) is 10.9 Å². The normalized spacial score (nSPS) is 10.2. The van der Waals surface area contributed by atoms with Crippen LogP contribution in [0.4, 0.5) is 0 Å². The fourth-order valence-electron chi connectivity index (χ4n) is 1.96. The molecule has 0 spiro atoms. The van der Waals surface area contributed by atoms with Gasteiger partial charge in [-0.3, -0.25) is 20.4 Å². The number of hydrazine groups is 1. The van der Waals surface area contributed by atoms with Gasteiger partial charge in [0.2, 0.25) is 5.91 Å². The third-order valence-corrected chi connectivity index (χ3v) is 5.14. The number of carbonyl (C=O) groups excluding carboxylic acids is 2. The molecule has 0 aliphatic heterocycles. The number of methoxy groups -OCH3 is 1. The first-order valence-corrected chi connectivity index (χ1v) is 9.67. The zero-order valence-corrected chi connectivity index (χ0v) is 15.7. The predicted molar refractivity (Wildman–Crippen MR) is 100 cm³/mol. The molecule has 0 saturated heterocycles. The molecule has 1 aromatic carbocycles. The van der Waals surface area contributed by atoms with Crippen molar-refractivity contribution in [1.29, 1.82) is 0 Å². The molecular formula is C17H20N2O4S2. The van der Waals surface area contributed by atoms with Gasteiger partial charge in [-0.25, -0.2) is 0 Å². The smallest absolute Gasteiger partial charge is 0.269 e. The summed E-state index contributed by atoms with van der Waals surface area (Å²) in [4.78, 5) is 25.1. The van der Waals surface area contributed by atoms with Gasteiger partial charge in [-0.05, 0) is 36.6 Å². The van der Waals surface area contributed by atoms with Crippen molar-refractivity contribution in [2.75, 3.05) is 19.5 Å². The molecule has 2 rings (SSSR count). The van der Waals surface area contributed by atoms with E-state index in [1.54, 1.807) is 29.5 Å². The molecule has 134 valence electrons. The number of amides is 2. The average molecular weight is 380 g/mol. The number of carbonyl (C=O) groups is 2. The van der Waals surface area contributed by atoms with Crippen molar-refractivity contribution in [2.45, 2.75) is 12.7 Å². The molecule has 0 aliphatic carbocycles. The van der Waals surface area contributed by atoms with E-state index in [0.29, 0.717) is 23.7 Å². The molecule has 2 N–H and O–H groups in total. The SMILES string of the molecule is CCOc1ccc(C(=O)NNC(=O)CSCc2cccs2)cc1OC. The maximum absolute atomic E-state index is 12.1. The summed E-state index contributed by atoms with van der Waals surface area (Å²) in [5.74, 6) is 1.40. The van der Waals surface area contributed by atoms with Crippen LogP contribution in [-0.2, 0) is 10.5 Å². The lowest BCUT2D eigenvalue weighted by Gasteiger charge is -2.11. The Balaban J connectivity index is 1.79. The van der Waals surface area contributed by atoms with Crippen LogP contribution in [0.2, 0.25) is 0 Å². The molecule has 0 atom stereocenters. The van der Waals surface area contributed by atoms with Gasteiger partial charge in [-0.1, -0.05) is 6.07 Å². The largest absolute Gasteiger partial charge is 0.493 e. The zero-order valence-electron chi connectivity index (χ0n) is 14.0. The van der Waals surface area contributed by atoms with E-state index in [1.807, 2.05) is 24.4 Å². The highest BCUT2D eigenvalue weighted by molar-refractivity contribution is 7.99. The Kier molecular flexibility index (Phi) is 7.62. The lowest BCUT2D eigenvalue weighted by Crippen LogP contribution is -2.42. The van der Waals surface area contributed by atoms with Gasteiger partial charge in [0, 0.05) is 16.2 Å². The minimum absolute atomic E-state index is 0.257. The first-order chi connectivity index (χ1) is 12.1. The minimum Gasteiger partial charge on any atom is -0.493 e. The van der Waals surface area contributed by atoms with E-state index in [-0.39, 0.29) is 11.7 Å². The monoisotopic (exact) mass is 380 g/mol. The lowest BCUT2D eigenvalue weighted by atomic mass is 10.2. The topological polar surface area (TPSA) is 76.7 Å². The van der Waals surface area contributed by atoms with Gasteiger partial charge in [0.25, 0.3) is 5.91 Å². The van der Waals surface area contributed by atoms with Crippen molar-refractivity contribution in [1.82, 2.24) is 10.9 Å². The Hall–Kier alpha value is -2.19. The van der Waals surface area contributed by atoms with Crippen LogP contribution < -0.4 is 20.3 Å². The molecule has 1 heterocycles. The van der Waals surface area contributed by atoms with Crippen LogP contribution in [-0.4, -0.2) is 31.3 Å². The van der Waals surface area contributed by atoms with Gasteiger partial charge in [0.05, 0.1) is 19.5 Å². The van der Waals surface area contributed by atoms with Crippen molar-refractivity contribution < 1.29 is 19.1 Å². The molecule has 2 amide bonds. The molecule has 1 aromatic heterocycles. The first kappa shape index (κ1) is 19.1. The van der Waals surface area contributed by atoms with Gasteiger partial charge in [-0.15, -0.1) is 23.1 Å². The van der Waals surface area contributed by atoms with Crippen LogP contribution in [0.25, 0.3) is 0 Å². The summed E-state index contributed by atoms with van der Waals surface area (Å²) in [5.41, 5.74) is 5.18. The van der Waals surface area contributed by atoms with Crippen molar-refractivity contribution >= 4 is 34.9 Å². The Bertz CT molecular complexity index is 705. The van der Waals surface area contributed by atoms with Crippen LogP contribution in [0.3, 0.4) is 0 Å². The summed E-state index contributed by atoms with van der Waals surface area (Å²) in [6, 6.07) is 8.84. The molecular weight excluding hydrogens is 360 g/mol. The standard InChI is InChI=1S/C17H20N2O4S2/c1-3-23-14-7-6-12(9-15(14)22-2)17(21)19-18-16(20)11-24-10-13-5-4-8-25-13/h4-9H,3,10-11H2,1-2H3,(H,18,20)(H,19,21). The Labute approximate surface area is 154 Å². The third kappa shape index (κ3) is 5.99. The van der Waals surface area contributed by atoms with Gasteiger partial charge in [0.1, 0.15) is 0 Å². The average Bonchev–Trinajstić information content (AvgIpc) is 3.13. The summed E-state index contributed by atoms with van der Waals surface area (Å²) >= 11 is 3.14. The molecule has 8 heteroatoms. The molecule has 0 saturated carbocycles. The summed E-state index contributed by atoms with van der Waals surface area (Å²) < 4.78 is 10.6. The zero-order chi connectivity index (χ0) is 18.1. The highest BCUT2D eigenvalue weighted by Crippen LogP contribution is 2.27. The maximum Gasteiger partial charge on any atom is 0.269 e. The van der Waals surface area contributed by atoms with Gasteiger partial charge in [-0.2, -0.15) is 0 Å². The van der Waals surface area contributed by atoms with Crippen LogP contribution >= 0.6 is 23.1 Å². The number of nitrogens with one attached hydrogen (secondary N) is 2. The second kappa shape index (κ2) is 9.95. The summed E-state index contributed by atoms with van der Waals surface area (Å²) in [7, 11) is 1.51. The quantitative estimate of drug-likeness (QED) is 0.689. The number of hydrogen-bond donors (Lipinski definition) is 2. The highest BCUT2D eigenvalue weighted by Gasteiger charge is 2.12. The number of hydrogen-bond acceptors (Lipinski definition) is 6. The second-order valence-electron chi connectivity index (χ2n) is 4.87. The summed E-state index contributed by atoms with van der Waals surface area (Å²) in [6.45, 7) is 2.37. The second-order valence-corrected chi connectivity index (χ2v) is 6.89. The predicted octanol–water partition coefficient (Wildman–Crippen LogP) is 2.85. The van der Waals surface area contributed by atoms with Crippen LogP contribution in [0.1, 0.15) is 22.2 Å². The van der Waals surface area contributed by atoms with Crippen molar-refractivity contribution in [3.63, 3.8) is 0 Å². The molecule has 25 heavy (non-hydrogen) atoms. The number of ether oxygens (including phenoxy) is 2. The van der Waals surface area contributed by atoms with Gasteiger partial charge in [0.15, 0.2) is 11.5 Å². The molecule has 0 unspecified atom stereocenters. The van der Waals surface area contributed by atoms with Crippen molar-refractivity contribution in [2.24, 2.45) is 0 Å². The molecule has 0 aliphatic rings. The Morgan fingerprint density at radius 2 is 2.04 bits per heavy atom. The van der Waals surface area contributed by atoms with E-state index < -0.39 is 5.91 Å². The molecule has 0 bridgehead atoms. The van der Waals surface area contributed by atoms with Crippen LogP contribution in [0.15, 0.2) is 35.7 Å². The third-order valence-electron chi connectivity index (χ3n) is 3.10. The van der Waals surface area contributed by atoms with E-state index in [4.69, 9.17) is 9.47 Å². The summed E-state index contributed by atoms with van der Waals surface area (Å²) in [5, 5.41) is 2.00. The Morgan fingerprint density at radius 1 is 1.20 bits per heavy atom. The number of thioether (sulfide) groups is 1. The van der Waals surface area contributed by atoms with E-state index in [9.17, 15) is 9.59 Å². The van der Waals surface area contributed by atoms with E-state index in [1.165, 1.54) is 23.7 Å². The molecule has 0 fully saturated rings. The van der Waals surface area contributed by atoms with Crippen molar-refractivity contribution in [3.05, 3.63) is 46.2 Å². The highest BCUT2D eigenvalue weighted by atomic mass is 32.2. The van der Waals surface area contributed by atoms with E-state index in [0.717, 1.165) is 5.75 Å². The number of rotatable bonds is 8. The van der Waals surface area contributed by atoms with Gasteiger partial charge >= 0.3 is 0 Å². The number of thiophene rings is 1. The number of benzene rings is 1. The van der Waals surface area contributed by atoms with Crippen LogP contribution in [0.5, 0.6) is 11.5 Å². The van der Waals surface area contributed by atoms with Crippen molar-refractivity contribution in [3.8, 4) is 11.5 Å². The maximum atomic E-state index is 12.1. The van der Waals surface area contributed by atoms with Gasteiger partial charge < -0.3 is 9.47 Å². The lowest BCUT2D eigenvalue weighted by molar-refractivity contribution is -0.119. The minimum atomic E-state index is -0.419. The first-order valence-electron chi connectivity index (χ1n) is 7.64. The molecule has 0 radical (unpaired) electrons. The molecule has 6 nitrogen and oxygen atoms in total. The van der Waals surface area contributed by atoms with Crippen LogP contribution in [0, 0.1) is 0 Å². The molecule has 2 aromatic rings. The fourth-order valence-corrected chi connectivity index (χ4v) is 3.63.